The van der Waals surface area contributed by atoms with Gasteiger partial charge in [-0.25, -0.2) is 9.97 Å². The first-order valence-electron chi connectivity index (χ1n) is 7.02. The molecule has 0 spiro atoms. The van der Waals surface area contributed by atoms with E-state index in [1.807, 2.05) is 30.3 Å². The van der Waals surface area contributed by atoms with E-state index in [2.05, 4.69) is 15.3 Å². The van der Waals surface area contributed by atoms with Crippen LogP contribution in [0.4, 0.5) is 10.3 Å². The lowest BCUT2D eigenvalue weighted by molar-refractivity contribution is 0.356. The molecule has 4 aromatic rings. The Balaban J connectivity index is 1.70. The molecule has 0 saturated heterocycles. The summed E-state index contributed by atoms with van der Waals surface area (Å²) < 4.78 is 12.7. The summed E-state index contributed by atoms with van der Waals surface area (Å²) in [6.07, 6.45) is 0. The third kappa shape index (κ3) is 2.75. The van der Waals surface area contributed by atoms with Crippen molar-refractivity contribution in [1.82, 2.24) is 9.97 Å². The van der Waals surface area contributed by atoms with E-state index in [0.29, 0.717) is 16.5 Å². The zero-order chi connectivity index (χ0) is 16.7. The summed E-state index contributed by atoms with van der Waals surface area (Å²) >= 11 is 9.10. The van der Waals surface area contributed by atoms with Crippen molar-refractivity contribution in [3.8, 4) is 11.5 Å². The van der Waals surface area contributed by atoms with Gasteiger partial charge in [-0.3, -0.25) is 0 Å². The number of methoxy groups -OCH3 is 2. The normalized spacial score (nSPS) is 11.1. The van der Waals surface area contributed by atoms with Crippen LogP contribution in [0.3, 0.4) is 0 Å². The average molecular weight is 378 g/mol. The van der Waals surface area contributed by atoms with Crippen LogP contribution in [0, 0.1) is 0 Å². The molecule has 0 radical (unpaired) electrons. The largest absolute Gasteiger partial charge is 0.493 e. The van der Waals surface area contributed by atoms with Gasteiger partial charge in [-0.1, -0.05) is 34.3 Å². The van der Waals surface area contributed by atoms with Crippen LogP contribution in [-0.4, -0.2) is 24.2 Å². The molecule has 2 aromatic carbocycles. The van der Waals surface area contributed by atoms with Crippen LogP contribution >= 0.6 is 34.3 Å². The van der Waals surface area contributed by atoms with Crippen molar-refractivity contribution in [3.05, 3.63) is 35.4 Å². The molecule has 4 rings (SSSR count). The fourth-order valence-corrected chi connectivity index (χ4v) is 4.43. The fraction of sp³-hybridized carbons (Fsp3) is 0.125. The number of thiazole rings is 2. The highest BCUT2D eigenvalue weighted by atomic mass is 35.5. The Morgan fingerprint density at radius 1 is 0.875 bits per heavy atom. The number of benzene rings is 2. The molecule has 5 nitrogen and oxygen atoms in total. The lowest BCUT2D eigenvalue weighted by Crippen LogP contribution is -1.90. The molecule has 0 aliphatic carbocycles. The van der Waals surface area contributed by atoms with Crippen molar-refractivity contribution in [2.75, 3.05) is 19.5 Å². The van der Waals surface area contributed by atoms with Gasteiger partial charge in [0.15, 0.2) is 21.8 Å². The highest BCUT2D eigenvalue weighted by molar-refractivity contribution is 7.24. The molecular formula is C16H12ClN3O2S2. The summed E-state index contributed by atoms with van der Waals surface area (Å²) in [5, 5.41) is 5.52. The number of halogens is 1. The minimum absolute atomic E-state index is 0.663. The maximum atomic E-state index is 6.02. The third-order valence-electron chi connectivity index (χ3n) is 3.46. The van der Waals surface area contributed by atoms with E-state index in [4.69, 9.17) is 21.1 Å². The lowest BCUT2D eigenvalue weighted by Gasteiger charge is -2.05. The fourth-order valence-electron chi connectivity index (χ4n) is 2.35. The number of hydrogen-bond acceptors (Lipinski definition) is 7. The number of anilines is 2. The number of nitrogens with zero attached hydrogens (tertiary/aromatic N) is 2. The maximum absolute atomic E-state index is 6.02. The molecule has 0 aliphatic rings. The minimum Gasteiger partial charge on any atom is -0.493 e. The van der Waals surface area contributed by atoms with E-state index in [9.17, 15) is 0 Å². The first-order chi connectivity index (χ1) is 11.7. The van der Waals surface area contributed by atoms with Crippen LogP contribution in [0.1, 0.15) is 0 Å². The minimum atomic E-state index is 0.663. The summed E-state index contributed by atoms with van der Waals surface area (Å²) in [5.41, 5.74) is 1.76. The highest BCUT2D eigenvalue weighted by Gasteiger charge is 2.12. The zero-order valence-electron chi connectivity index (χ0n) is 12.8. The topological polar surface area (TPSA) is 56.3 Å². The Kier molecular flexibility index (Phi) is 3.91. The van der Waals surface area contributed by atoms with Gasteiger partial charge >= 0.3 is 0 Å². The Hall–Kier alpha value is -2.09. The predicted molar refractivity (Wildman–Crippen MR) is 101 cm³/mol. The molecule has 0 saturated carbocycles. The van der Waals surface area contributed by atoms with Crippen LogP contribution in [0.15, 0.2) is 30.3 Å². The molecule has 0 bridgehead atoms. The van der Waals surface area contributed by atoms with Crippen molar-refractivity contribution in [2.45, 2.75) is 0 Å². The molecule has 122 valence electrons. The molecule has 0 aliphatic heterocycles. The van der Waals surface area contributed by atoms with Crippen LogP contribution < -0.4 is 14.8 Å². The first-order valence-corrected chi connectivity index (χ1v) is 9.03. The van der Waals surface area contributed by atoms with Crippen LogP contribution in [0.25, 0.3) is 20.4 Å². The van der Waals surface area contributed by atoms with Gasteiger partial charge in [0.2, 0.25) is 0 Å². The lowest BCUT2D eigenvalue weighted by atomic mass is 10.3. The molecule has 24 heavy (non-hydrogen) atoms. The Morgan fingerprint density at radius 2 is 1.50 bits per heavy atom. The second kappa shape index (κ2) is 6.08. The Morgan fingerprint density at radius 3 is 2.21 bits per heavy atom. The number of fused-ring (bicyclic) bond motifs is 2. The molecule has 2 aromatic heterocycles. The van der Waals surface area contributed by atoms with E-state index in [1.54, 1.807) is 25.6 Å². The quantitative estimate of drug-likeness (QED) is 0.521. The highest BCUT2D eigenvalue weighted by Crippen LogP contribution is 2.38. The van der Waals surface area contributed by atoms with Crippen molar-refractivity contribution in [3.63, 3.8) is 0 Å². The summed E-state index contributed by atoms with van der Waals surface area (Å²) in [6.45, 7) is 0. The number of rotatable bonds is 4. The van der Waals surface area contributed by atoms with Crippen molar-refractivity contribution in [2.24, 2.45) is 0 Å². The maximum Gasteiger partial charge on any atom is 0.190 e. The second-order valence-electron chi connectivity index (χ2n) is 4.95. The van der Waals surface area contributed by atoms with E-state index in [-0.39, 0.29) is 0 Å². The molecule has 0 atom stereocenters. The summed E-state index contributed by atoms with van der Waals surface area (Å²) in [7, 11) is 3.23. The zero-order valence-corrected chi connectivity index (χ0v) is 15.2. The van der Waals surface area contributed by atoms with E-state index >= 15 is 0 Å². The van der Waals surface area contributed by atoms with Gasteiger partial charge < -0.3 is 14.8 Å². The van der Waals surface area contributed by atoms with Crippen molar-refractivity contribution < 1.29 is 9.47 Å². The van der Waals surface area contributed by atoms with Crippen LogP contribution in [-0.2, 0) is 0 Å². The summed E-state index contributed by atoms with van der Waals surface area (Å²) in [5.74, 6) is 1.35. The molecule has 8 heteroatoms. The molecule has 0 amide bonds. The van der Waals surface area contributed by atoms with E-state index < -0.39 is 0 Å². The summed E-state index contributed by atoms with van der Waals surface area (Å²) in [6, 6.07) is 9.45. The average Bonchev–Trinajstić information content (AvgIpc) is 3.15. The molecule has 0 unspecified atom stereocenters. The third-order valence-corrected chi connectivity index (χ3v) is 5.56. The smallest absolute Gasteiger partial charge is 0.190 e. The van der Waals surface area contributed by atoms with Crippen molar-refractivity contribution >= 4 is 65.0 Å². The molecule has 1 N–H and O–H groups in total. The van der Waals surface area contributed by atoms with Gasteiger partial charge in [0, 0.05) is 17.2 Å². The van der Waals surface area contributed by atoms with Gasteiger partial charge in [0.1, 0.15) is 0 Å². The van der Waals surface area contributed by atoms with Gasteiger partial charge in [-0.2, -0.15) is 0 Å². The molecule has 0 fully saturated rings. The number of aromatic nitrogens is 2. The van der Waals surface area contributed by atoms with Gasteiger partial charge in [-0.15, -0.1) is 0 Å². The molecule has 2 heterocycles. The number of nitrogens with one attached hydrogen (secondary N) is 1. The van der Waals surface area contributed by atoms with Crippen LogP contribution in [0.5, 0.6) is 11.5 Å². The van der Waals surface area contributed by atoms with Gasteiger partial charge in [0.25, 0.3) is 0 Å². The Bertz CT molecular complexity index is 1000. The predicted octanol–water partition coefficient (Wildman–Crippen LogP) is 5.32. The van der Waals surface area contributed by atoms with E-state index in [0.717, 1.165) is 30.7 Å². The van der Waals surface area contributed by atoms with Crippen molar-refractivity contribution in [1.29, 1.82) is 0 Å². The number of ether oxygens (including phenoxy) is 2. The Labute approximate surface area is 150 Å². The standard InChI is InChI=1S/C16H12ClN3O2S2/c1-21-11-6-10-14(7-12(11)22-2)24-16(19-10)20-15-18-9-4-3-8(17)5-13(9)23-15/h3-7H,1-2H3,(H,18,19,20). The number of hydrogen-bond donors (Lipinski definition) is 1. The summed E-state index contributed by atoms with van der Waals surface area (Å²) in [4.78, 5) is 9.14. The van der Waals surface area contributed by atoms with E-state index in [1.165, 1.54) is 11.3 Å². The second-order valence-corrected chi connectivity index (χ2v) is 7.45. The van der Waals surface area contributed by atoms with Gasteiger partial charge in [-0.05, 0) is 18.2 Å². The first kappa shape index (κ1) is 15.4. The molecular weight excluding hydrogens is 366 g/mol. The SMILES string of the molecule is COc1cc2nc(Nc3nc4ccc(Cl)cc4s3)sc2cc1OC. The monoisotopic (exact) mass is 377 g/mol. The van der Waals surface area contributed by atoms with Crippen LogP contribution in [0.2, 0.25) is 5.02 Å². The van der Waals surface area contributed by atoms with Gasteiger partial charge in [0.05, 0.1) is 34.7 Å².